The van der Waals surface area contributed by atoms with Gasteiger partial charge in [-0.25, -0.2) is 9.18 Å². The number of benzene rings is 2. The topological polar surface area (TPSA) is 50.4 Å². The number of halogens is 2. The number of hydrogen-bond donors (Lipinski definition) is 1. The lowest BCUT2D eigenvalue weighted by Gasteiger charge is -2.09. The zero-order valence-corrected chi connectivity index (χ0v) is 13.4. The van der Waals surface area contributed by atoms with Gasteiger partial charge in [0.1, 0.15) is 5.58 Å². The van der Waals surface area contributed by atoms with Crippen LogP contribution in [0.25, 0.3) is 11.0 Å². The Morgan fingerprint density at radius 2 is 1.96 bits per heavy atom. The van der Waals surface area contributed by atoms with Gasteiger partial charge in [0.2, 0.25) is 0 Å². The molecule has 2 aromatic carbocycles. The van der Waals surface area contributed by atoms with Gasteiger partial charge in [-0.15, -0.1) is 0 Å². The largest absolute Gasteiger partial charge is 0.505 e. The zero-order chi connectivity index (χ0) is 16.7. The van der Waals surface area contributed by atoms with E-state index in [1.54, 1.807) is 13.0 Å². The Balaban J connectivity index is 2.15. The van der Waals surface area contributed by atoms with Gasteiger partial charge in [0, 0.05) is 28.5 Å². The molecular weight excluding hydrogens is 319 g/mol. The van der Waals surface area contributed by atoms with Crippen molar-refractivity contribution < 1.29 is 13.9 Å². The first-order valence-corrected chi connectivity index (χ1v) is 7.44. The van der Waals surface area contributed by atoms with Gasteiger partial charge in [0.15, 0.2) is 11.6 Å². The van der Waals surface area contributed by atoms with Gasteiger partial charge in [0.05, 0.1) is 0 Å². The molecule has 5 heteroatoms. The van der Waals surface area contributed by atoms with Crippen LogP contribution < -0.4 is 5.63 Å². The molecule has 0 spiro atoms. The fraction of sp³-hybridized carbons (Fsp3) is 0.167. The molecule has 0 saturated carbocycles. The third kappa shape index (κ3) is 2.82. The van der Waals surface area contributed by atoms with Gasteiger partial charge >= 0.3 is 5.63 Å². The van der Waals surface area contributed by atoms with Gasteiger partial charge in [-0.2, -0.15) is 0 Å². The summed E-state index contributed by atoms with van der Waals surface area (Å²) >= 11 is 6.01. The lowest BCUT2D eigenvalue weighted by atomic mass is 9.98. The van der Waals surface area contributed by atoms with Crippen molar-refractivity contribution >= 4 is 22.6 Å². The molecule has 3 aromatic rings. The minimum atomic E-state index is -0.747. The van der Waals surface area contributed by atoms with E-state index in [4.69, 9.17) is 16.0 Å². The first-order valence-electron chi connectivity index (χ1n) is 7.06. The van der Waals surface area contributed by atoms with E-state index in [0.717, 1.165) is 17.2 Å². The van der Waals surface area contributed by atoms with E-state index in [9.17, 15) is 14.3 Å². The summed E-state index contributed by atoms with van der Waals surface area (Å²) in [7, 11) is 0. The molecule has 118 valence electrons. The highest BCUT2D eigenvalue weighted by Gasteiger charge is 2.15. The van der Waals surface area contributed by atoms with Crippen LogP contribution in [0, 0.1) is 19.7 Å². The van der Waals surface area contributed by atoms with Crippen molar-refractivity contribution in [2.75, 3.05) is 0 Å². The Morgan fingerprint density at radius 1 is 1.22 bits per heavy atom. The molecule has 0 amide bonds. The maximum absolute atomic E-state index is 13.6. The SMILES string of the molecule is Cc1cc(Cc2c(C)c3cc(F)c(O)cc3oc2=O)ccc1Cl. The van der Waals surface area contributed by atoms with Crippen LogP contribution in [0.5, 0.6) is 5.75 Å². The van der Waals surface area contributed by atoms with Crippen LogP contribution in [0.15, 0.2) is 39.5 Å². The average Bonchev–Trinajstić information content (AvgIpc) is 2.49. The van der Waals surface area contributed by atoms with E-state index < -0.39 is 17.2 Å². The van der Waals surface area contributed by atoms with Crippen LogP contribution in [0.4, 0.5) is 4.39 Å². The zero-order valence-electron chi connectivity index (χ0n) is 12.6. The minimum Gasteiger partial charge on any atom is -0.505 e. The molecule has 0 saturated heterocycles. The molecule has 0 aliphatic heterocycles. The first-order chi connectivity index (χ1) is 10.9. The summed E-state index contributed by atoms with van der Waals surface area (Å²) < 4.78 is 18.8. The molecule has 0 bridgehead atoms. The Hall–Kier alpha value is -2.33. The quantitative estimate of drug-likeness (QED) is 0.703. The van der Waals surface area contributed by atoms with Crippen molar-refractivity contribution in [3.05, 3.63) is 73.8 Å². The van der Waals surface area contributed by atoms with E-state index in [1.165, 1.54) is 6.07 Å². The molecule has 0 fully saturated rings. The van der Waals surface area contributed by atoms with Crippen molar-refractivity contribution in [2.45, 2.75) is 20.3 Å². The normalized spacial score (nSPS) is 11.1. The molecular formula is C18H14ClFO3. The number of fused-ring (bicyclic) bond motifs is 1. The molecule has 1 N–H and O–H groups in total. The van der Waals surface area contributed by atoms with Crippen molar-refractivity contribution in [1.82, 2.24) is 0 Å². The van der Waals surface area contributed by atoms with E-state index in [1.807, 2.05) is 19.1 Å². The summed E-state index contributed by atoms with van der Waals surface area (Å²) in [6.45, 7) is 3.63. The molecule has 0 aliphatic rings. The molecule has 0 atom stereocenters. The smallest absolute Gasteiger partial charge is 0.340 e. The number of hydrogen-bond acceptors (Lipinski definition) is 3. The number of aryl methyl sites for hydroxylation is 2. The molecule has 1 heterocycles. The highest BCUT2D eigenvalue weighted by Crippen LogP contribution is 2.27. The molecule has 3 nitrogen and oxygen atoms in total. The summed E-state index contributed by atoms with van der Waals surface area (Å²) in [5.41, 5.74) is 2.62. The van der Waals surface area contributed by atoms with Crippen molar-refractivity contribution in [3.63, 3.8) is 0 Å². The molecule has 1 aromatic heterocycles. The molecule has 23 heavy (non-hydrogen) atoms. The van der Waals surface area contributed by atoms with Crippen LogP contribution in [0.2, 0.25) is 5.02 Å². The fourth-order valence-electron chi connectivity index (χ4n) is 2.62. The number of aromatic hydroxyl groups is 1. The third-order valence-corrected chi connectivity index (χ3v) is 4.38. The Bertz CT molecular complexity index is 976. The summed E-state index contributed by atoms with van der Waals surface area (Å²) in [6, 6.07) is 7.83. The van der Waals surface area contributed by atoms with Crippen molar-refractivity contribution in [1.29, 1.82) is 0 Å². The fourth-order valence-corrected chi connectivity index (χ4v) is 2.74. The summed E-state index contributed by atoms with van der Waals surface area (Å²) in [6.07, 6.45) is 0.366. The second-order valence-corrected chi connectivity index (χ2v) is 5.96. The van der Waals surface area contributed by atoms with Gasteiger partial charge < -0.3 is 9.52 Å². The second kappa shape index (κ2) is 5.70. The first kappa shape index (κ1) is 15.6. The van der Waals surface area contributed by atoms with E-state index in [0.29, 0.717) is 28.0 Å². The highest BCUT2D eigenvalue weighted by molar-refractivity contribution is 6.31. The molecule has 3 rings (SSSR count). The van der Waals surface area contributed by atoms with E-state index in [2.05, 4.69) is 0 Å². The van der Waals surface area contributed by atoms with Crippen LogP contribution in [-0.2, 0) is 6.42 Å². The van der Waals surface area contributed by atoms with Crippen LogP contribution in [0.3, 0.4) is 0 Å². The number of rotatable bonds is 2. The van der Waals surface area contributed by atoms with E-state index >= 15 is 0 Å². The van der Waals surface area contributed by atoms with Crippen LogP contribution >= 0.6 is 11.6 Å². The predicted octanol–water partition coefficient (Wildman–Crippen LogP) is 4.50. The van der Waals surface area contributed by atoms with Gasteiger partial charge in [0.25, 0.3) is 0 Å². The second-order valence-electron chi connectivity index (χ2n) is 5.55. The predicted molar refractivity (Wildman–Crippen MR) is 87.8 cm³/mol. The summed E-state index contributed by atoms with van der Waals surface area (Å²) in [4.78, 5) is 12.2. The average molecular weight is 333 g/mol. The number of phenolic OH excluding ortho intramolecular Hbond substituents is 1. The molecule has 0 aliphatic carbocycles. The minimum absolute atomic E-state index is 0.169. The van der Waals surface area contributed by atoms with Crippen LogP contribution in [-0.4, -0.2) is 5.11 Å². The lowest BCUT2D eigenvalue weighted by molar-refractivity contribution is 0.431. The third-order valence-electron chi connectivity index (χ3n) is 3.96. The lowest BCUT2D eigenvalue weighted by Crippen LogP contribution is -2.11. The number of phenols is 1. The Labute approximate surface area is 136 Å². The summed E-state index contributed by atoms with van der Waals surface area (Å²) in [5, 5.41) is 10.5. The maximum Gasteiger partial charge on any atom is 0.340 e. The maximum atomic E-state index is 13.6. The van der Waals surface area contributed by atoms with Crippen molar-refractivity contribution in [3.8, 4) is 5.75 Å². The van der Waals surface area contributed by atoms with Crippen molar-refractivity contribution in [2.24, 2.45) is 0 Å². The molecule has 0 radical (unpaired) electrons. The Kier molecular flexibility index (Phi) is 3.86. The standard InChI is InChI=1S/C18H14ClFO3/c1-9-5-11(3-4-14(9)19)6-13-10(2)12-7-15(20)16(21)8-17(12)23-18(13)22/h3-5,7-8,21H,6H2,1-2H3. The Morgan fingerprint density at radius 3 is 2.65 bits per heavy atom. The van der Waals surface area contributed by atoms with Gasteiger partial charge in [-0.3, -0.25) is 0 Å². The molecule has 0 unspecified atom stereocenters. The van der Waals surface area contributed by atoms with Gasteiger partial charge in [-0.1, -0.05) is 23.7 Å². The van der Waals surface area contributed by atoms with Crippen LogP contribution in [0.1, 0.15) is 22.3 Å². The van der Waals surface area contributed by atoms with Gasteiger partial charge in [-0.05, 0) is 42.7 Å². The van der Waals surface area contributed by atoms with E-state index in [-0.39, 0.29) is 5.58 Å². The summed E-state index contributed by atoms with van der Waals surface area (Å²) in [5.74, 6) is -1.29. The highest BCUT2D eigenvalue weighted by atomic mass is 35.5. The monoisotopic (exact) mass is 332 g/mol.